The Morgan fingerprint density at radius 2 is 1.52 bits per heavy atom. The second-order valence-corrected chi connectivity index (χ2v) is 9.79. The van der Waals surface area contributed by atoms with Crippen LogP contribution in [0.2, 0.25) is 0 Å². The lowest BCUT2D eigenvalue weighted by atomic mass is 9.66. The predicted octanol–water partition coefficient (Wildman–Crippen LogP) is 5.65. The van der Waals surface area contributed by atoms with E-state index in [9.17, 15) is 4.79 Å². The first-order valence-electron chi connectivity index (χ1n) is 11.4. The van der Waals surface area contributed by atoms with Gasteiger partial charge in [-0.1, -0.05) is 76.2 Å². The lowest BCUT2D eigenvalue weighted by Crippen LogP contribution is -2.59. The molecule has 0 aliphatic carbocycles. The van der Waals surface area contributed by atoms with Gasteiger partial charge in [0.25, 0.3) is 0 Å². The molecule has 2 unspecified atom stereocenters. The average Bonchev–Trinajstić information content (AvgIpc) is 3.26. The Morgan fingerprint density at radius 3 is 2.13 bits per heavy atom. The van der Waals surface area contributed by atoms with E-state index in [4.69, 9.17) is 9.47 Å². The average molecular weight is 418 g/mol. The van der Waals surface area contributed by atoms with Gasteiger partial charge in [-0.3, -0.25) is 4.79 Å². The minimum atomic E-state index is -0.949. The number of para-hydroxylation sites is 1. The summed E-state index contributed by atoms with van der Waals surface area (Å²) >= 11 is 0. The summed E-state index contributed by atoms with van der Waals surface area (Å²) in [5, 5.41) is 0. The molecule has 0 N–H and O–H groups in total. The van der Waals surface area contributed by atoms with Gasteiger partial charge in [-0.2, -0.15) is 0 Å². The predicted molar refractivity (Wildman–Crippen MR) is 122 cm³/mol. The molecule has 0 aromatic heterocycles. The zero-order chi connectivity index (χ0) is 21.9. The number of benzene rings is 2. The summed E-state index contributed by atoms with van der Waals surface area (Å²) in [7, 11) is 0. The maximum absolute atomic E-state index is 14.2. The van der Waals surface area contributed by atoms with Crippen LogP contribution in [0, 0.1) is 17.3 Å². The number of carbonyl (C=O) groups excluding carboxylic acids is 1. The van der Waals surface area contributed by atoms with Crippen LogP contribution in [-0.2, 0) is 14.3 Å². The van der Waals surface area contributed by atoms with Gasteiger partial charge in [0.15, 0.2) is 0 Å². The van der Waals surface area contributed by atoms with Gasteiger partial charge in [0.05, 0.1) is 5.60 Å². The van der Waals surface area contributed by atoms with E-state index in [2.05, 4.69) is 33.8 Å². The van der Waals surface area contributed by atoms with E-state index in [1.807, 2.05) is 65.6 Å². The molecule has 1 amide bonds. The number of hydrogen-bond acceptors (Lipinski definition) is 3. The molecule has 162 valence electrons. The molecular formula is C27H31NO3. The molecule has 3 heterocycles. The summed E-state index contributed by atoms with van der Waals surface area (Å²) < 4.78 is 13.6. The first-order valence-corrected chi connectivity index (χ1v) is 11.4. The number of piperidine rings is 1. The maximum Gasteiger partial charge on any atom is 0.244 e. The third kappa shape index (κ3) is 2.74. The molecule has 31 heavy (non-hydrogen) atoms. The van der Waals surface area contributed by atoms with Crippen LogP contribution in [-0.4, -0.2) is 23.8 Å². The van der Waals surface area contributed by atoms with E-state index >= 15 is 0 Å². The summed E-state index contributed by atoms with van der Waals surface area (Å²) in [5.74, 6) is 0.416. The van der Waals surface area contributed by atoms with Crippen LogP contribution in [0.1, 0.15) is 46.1 Å². The van der Waals surface area contributed by atoms with Crippen molar-refractivity contribution < 1.29 is 14.3 Å². The highest BCUT2D eigenvalue weighted by Crippen LogP contribution is 2.65. The minimum Gasteiger partial charge on any atom is -0.460 e. The molecule has 2 fully saturated rings. The Hall–Kier alpha value is -2.59. The zero-order valence-corrected chi connectivity index (χ0v) is 18.8. The molecule has 0 bridgehead atoms. The molecule has 2 saturated heterocycles. The van der Waals surface area contributed by atoms with Gasteiger partial charge in [-0.25, -0.2) is 0 Å². The number of rotatable bonds is 4. The van der Waals surface area contributed by atoms with Crippen molar-refractivity contribution in [1.82, 2.24) is 0 Å². The van der Waals surface area contributed by atoms with Crippen LogP contribution in [0.25, 0.3) is 5.76 Å². The van der Waals surface area contributed by atoms with Crippen molar-refractivity contribution >= 4 is 17.4 Å². The third-order valence-corrected chi connectivity index (χ3v) is 7.61. The standard InChI is InChI=1S/C27H31NO3/c1-19(2)26(20(3)4)18-25-17-23(21-11-7-5-8-12-21)30-27(25,31-26)15-16-28(24(25)29)22-13-9-6-10-14-22/h5-14,17,19-20H,15-16,18H2,1-4H3. The molecule has 2 atom stereocenters. The maximum atomic E-state index is 14.2. The Labute approximate surface area is 184 Å². The quantitative estimate of drug-likeness (QED) is 0.645. The van der Waals surface area contributed by atoms with Crippen molar-refractivity contribution in [2.24, 2.45) is 17.3 Å². The van der Waals surface area contributed by atoms with Gasteiger partial charge in [0, 0.05) is 30.6 Å². The molecular weight excluding hydrogens is 386 g/mol. The number of amides is 1. The van der Waals surface area contributed by atoms with Gasteiger partial charge in [-0.15, -0.1) is 0 Å². The highest BCUT2D eigenvalue weighted by atomic mass is 16.7. The van der Waals surface area contributed by atoms with E-state index in [0.29, 0.717) is 19.4 Å². The van der Waals surface area contributed by atoms with Crippen molar-refractivity contribution in [1.29, 1.82) is 0 Å². The Kier molecular flexibility index (Phi) is 4.56. The molecule has 0 radical (unpaired) electrons. The third-order valence-electron chi connectivity index (χ3n) is 7.61. The fourth-order valence-electron chi connectivity index (χ4n) is 5.84. The number of nitrogens with zero attached hydrogens (tertiary/aromatic N) is 1. The summed E-state index contributed by atoms with van der Waals surface area (Å²) in [4.78, 5) is 16.2. The van der Waals surface area contributed by atoms with E-state index in [1.54, 1.807) is 0 Å². The van der Waals surface area contributed by atoms with Crippen LogP contribution in [0.15, 0.2) is 66.7 Å². The molecule has 0 spiro atoms. The second kappa shape index (κ2) is 6.96. The summed E-state index contributed by atoms with van der Waals surface area (Å²) in [6, 6.07) is 20.0. The van der Waals surface area contributed by atoms with Gasteiger partial charge in [0.2, 0.25) is 11.7 Å². The Bertz CT molecular complexity index is 1010. The van der Waals surface area contributed by atoms with Crippen molar-refractivity contribution in [2.45, 2.75) is 51.9 Å². The van der Waals surface area contributed by atoms with Gasteiger partial charge in [0.1, 0.15) is 11.2 Å². The topological polar surface area (TPSA) is 38.8 Å². The van der Waals surface area contributed by atoms with Crippen molar-refractivity contribution in [3.63, 3.8) is 0 Å². The largest absolute Gasteiger partial charge is 0.460 e. The number of carbonyl (C=O) groups is 1. The first-order chi connectivity index (χ1) is 14.8. The van der Waals surface area contributed by atoms with E-state index in [0.717, 1.165) is 17.0 Å². The van der Waals surface area contributed by atoms with Crippen molar-refractivity contribution in [2.75, 3.05) is 11.4 Å². The Morgan fingerprint density at radius 1 is 0.903 bits per heavy atom. The van der Waals surface area contributed by atoms with Gasteiger partial charge < -0.3 is 14.4 Å². The number of anilines is 1. The molecule has 3 aliphatic rings. The first kappa shape index (κ1) is 20.3. The van der Waals surface area contributed by atoms with Crippen LogP contribution in [0.5, 0.6) is 0 Å². The number of hydrogen-bond donors (Lipinski definition) is 0. The highest BCUT2D eigenvalue weighted by molar-refractivity contribution is 6.02. The fourth-order valence-corrected chi connectivity index (χ4v) is 5.84. The molecule has 4 heteroatoms. The van der Waals surface area contributed by atoms with Gasteiger partial charge >= 0.3 is 0 Å². The smallest absolute Gasteiger partial charge is 0.244 e. The van der Waals surface area contributed by atoms with Crippen LogP contribution < -0.4 is 4.90 Å². The molecule has 0 saturated carbocycles. The second-order valence-electron chi connectivity index (χ2n) is 9.79. The van der Waals surface area contributed by atoms with Gasteiger partial charge in [-0.05, 0) is 30.0 Å². The van der Waals surface area contributed by atoms with Crippen molar-refractivity contribution in [3.8, 4) is 0 Å². The fraction of sp³-hybridized carbons (Fsp3) is 0.444. The summed E-state index contributed by atoms with van der Waals surface area (Å²) in [6.45, 7) is 9.36. The Balaban J connectivity index is 1.66. The van der Waals surface area contributed by atoms with Crippen LogP contribution >= 0.6 is 0 Å². The monoisotopic (exact) mass is 417 g/mol. The lowest BCUT2D eigenvalue weighted by Gasteiger charge is -2.45. The molecule has 2 aromatic carbocycles. The van der Waals surface area contributed by atoms with Crippen molar-refractivity contribution in [3.05, 3.63) is 72.3 Å². The van der Waals surface area contributed by atoms with E-state index < -0.39 is 16.8 Å². The zero-order valence-electron chi connectivity index (χ0n) is 18.8. The molecule has 3 aliphatic heterocycles. The lowest BCUT2D eigenvalue weighted by molar-refractivity contribution is -0.258. The normalized spacial score (nSPS) is 29.0. The van der Waals surface area contributed by atoms with Crippen LogP contribution in [0.3, 0.4) is 0 Å². The summed E-state index contributed by atoms with van der Waals surface area (Å²) in [5.41, 5.74) is 0.672. The summed E-state index contributed by atoms with van der Waals surface area (Å²) in [6.07, 6.45) is 3.35. The molecule has 4 nitrogen and oxygen atoms in total. The molecule has 5 rings (SSSR count). The van der Waals surface area contributed by atoms with Crippen LogP contribution in [0.4, 0.5) is 5.69 Å². The minimum absolute atomic E-state index is 0.0825. The van der Waals surface area contributed by atoms with E-state index in [-0.39, 0.29) is 17.7 Å². The highest BCUT2D eigenvalue weighted by Gasteiger charge is 2.75. The number of ether oxygens (including phenoxy) is 2. The van der Waals surface area contributed by atoms with E-state index in [1.165, 1.54) is 0 Å². The SMILES string of the molecule is CC(C)C1(C(C)C)CC23C=C(c4ccccc4)OC2(CCN(c2ccccc2)C3=O)O1. The molecule has 2 aromatic rings.